The molecule has 1 heterocycles. The monoisotopic (exact) mass is 455 g/mol. The van der Waals surface area contributed by atoms with Crippen molar-refractivity contribution in [2.24, 2.45) is 0 Å². The number of nitrogens with one attached hydrogen (secondary N) is 1. The third-order valence-corrected chi connectivity index (χ3v) is 4.83. The SMILES string of the molecule is CNc1ccc2cccc(C(C)c3c[n]([Tl])cn3)c2c1. The third-order valence-electron chi connectivity index (χ3n) is 3.74. The molecule has 2 aromatic carbocycles. The van der Waals surface area contributed by atoms with Crippen LogP contribution < -0.4 is 5.32 Å². The van der Waals surface area contributed by atoms with Crippen LogP contribution in [0.25, 0.3) is 10.8 Å². The van der Waals surface area contributed by atoms with Crippen molar-refractivity contribution in [3.05, 3.63) is 60.2 Å². The molecular weight excluding hydrogens is 439 g/mol. The summed E-state index contributed by atoms with van der Waals surface area (Å²) in [7, 11) is 1.96. The van der Waals surface area contributed by atoms with Gasteiger partial charge in [-0.05, 0) is 0 Å². The molecule has 1 aromatic heterocycles. The Labute approximate surface area is 135 Å². The molecule has 0 saturated carbocycles. The zero-order valence-electron chi connectivity index (χ0n) is 11.7. The average Bonchev–Trinajstić information content (AvgIpc) is 2.92. The number of hydrogen-bond acceptors (Lipinski definition) is 2. The quantitative estimate of drug-likeness (QED) is 0.616. The number of anilines is 1. The fourth-order valence-electron chi connectivity index (χ4n) is 2.57. The Balaban J connectivity index is 2.14. The summed E-state index contributed by atoms with van der Waals surface area (Å²) in [5.41, 5.74) is 3.63. The molecule has 3 nitrogen and oxygen atoms in total. The van der Waals surface area contributed by atoms with E-state index in [4.69, 9.17) is 0 Å². The molecule has 4 heteroatoms. The second-order valence-electron chi connectivity index (χ2n) is 5.00. The van der Waals surface area contributed by atoms with E-state index >= 15 is 0 Å². The van der Waals surface area contributed by atoms with E-state index in [1.807, 2.05) is 13.4 Å². The van der Waals surface area contributed by atoms with Crippen LogP contribution in [0.2, 0.25) is 0 Å². The number of benzene rings is 2. The van der Waals surface area contributed by atoms with Gasteiger partial charge in [-0.2, -0.15) is 0 Å². The fraction of sp³-hybridized carbons (Fsp3) is 0.188. The molecular formula is C16H16N3Tl. The van der Waals surface area contributed by atoms with Crippen LogP contribution in [0.4, 0.5) is 5.69 Å². The van der Waals surface area contributed by atoms with Crippen molar-refractivity contribution in [2.75, 3.05) is 12.4 Å². The minimum atomic E-state index is 0.311. The molecule has 0 radical (unpaired) electrons. The molecule has 3 aromatic rings. The summed E-state index contributed by atoms with van der Waals surface area (Å²) in [6, 6.07) is 13.0. The van der Waals surface area contributed by atoms with Crippen molar-refractivity contribution in [1.82, 2.24) is 7.36 Å². The van der Waals surface area contributed by atoms with E-state index in [2.05, 4.69) is 62.2 Å². The normalized spacial score (nSPS) is 12.4. The molecule has 1 unspecified atom stereocenters. The number of imidazole rings is 1. The van der Waals surface area contributed by atoms with Crippen LogP contribution in [0.3, 0.4) is 0 Å². The molecule has 0 amide bonds. The molecule has 0 fully saturated rings. The Morgan fingerprint density at radius 2 is 2.10 bits per heavy atom. The van der Waals surface area contributed by atoms with E-state index in [-0.39, 0.29) is 0 Å². The number of hydrogen-bond donors (Lipinski definition) is 1. The van der Waals surface area contributed by atoms with E-state index < -0.39 is 0 Å². The van der Waals surface area contributed by atoms with Gasteiger partial charge in [0, 0.05) is 0 Å². The van der Waals surface area contributed by atoms with E-state index in [0.29, 0.717) is 5.92 Å². The summed E-state index contributed by atoms with van der Waals surface area (Å²) in [5.74, 6) is 0.311. The third kappa shape index (κ3) is 2.46. The molecule has 3 rings (SSSR count). The average molecular weight is 455 g/mol. The second kappa shape index (κ2) is 5.55. The van der Waals surface area contributed by atoms with Gasteiger partial charge in [-0.1, -0.05) is 0 Å². The van der Waals surface area contributed by atoms with E-state index in [1.165, 1.54) is 16.3 Å². The Morgan fingerprint density at radius 1 is 1.25 bits per heavy atom. The zero-order valence-corrected chi connectivity index (χ0v) is 16.2. The van der Waals surface area contributed by atoms with Crippen LogP contribution >= 0.6 is 0 Å². The zero-order chi connectivity index (χ0) is 14.1. The molecule has 0 bridgehead atoms. The van der Waals surface area contributed by atoms with Crippen LogP contribution in [0, 0.1) is 0 Å². The first kappa shape index (κ1) is 13.6. The number of nitrogens with zero attached hydrogens (tertiary/aromatic N) is 2. The van der Waals surface area contributed by atoms with Gasteiger partial charge in [0.15, 0.2) is 0 Å². The van der Waals surface area contributed by atoms with Crippen LogP contribution in [-0.4, -0.2) is 40.5 Å². The first-order valence-corrected chi connectivity index (χ1v) is 8.69. The number of rotatable bonds is 3. The van der Waals surface area contributed by atoms with Gasteiger partial charge in [-0.25, -0.2) is 0 Å². The van der Waals surface area contributed by atoms with Crippen LogP contribution in [0.15, 0.2) is 48.9 Å². The molecule has 0 saturated heterocycles. The maximum atomic E-state index is 4.53. The Kier molecular flexibility index (Phi) is 3.78. The van der Waals surface area contributed by atoms with Crippen molar-refractivity contribution in [3.8, 4) is 0 Å². The first-order valence-electron chi connectivity index (χ1n) is 6.68. The van der Waals surface area contributed by atoms with Crippen molar-refractivity contribution in [3.63, 3.8) is 0 Å². The molecule has 0 spiro atoms. The second-order valence-corrected chi connectivity index (χ2v) is 7.32. The van der Waals surface area contributed by atoms with Crippen LogP contribution in [-0.2, 0) is 0 Å². The summed E-state index contributed by atoms with van der Waals surface area (Å²) in [4.78, 5) is 4.53. The summed E-state index contributed by atoms with van der Waals surface area (Å²) < 4.78 is 2.16. The van der Waals surface area contributed by atoms with Crippen molar-refractivity contribution in [2.45, 2.75) is 12.8 Å². The van der Waals surface area contributed by atoms with Gasteiger partial charge in [0.2, 0.25) is 0 Å². The van der Waals surface area contributed by atoms with Gasteiger partial charge in [0.1, 0.15) is 0 Å². The van der Waals surface area contributed by atoms with E-state index in [9.17, 15) is 0 Å². The van der Waals surface area contributed by atoms with Crippen LogP contribution in [0.1, 0.15) is 24.1 Å². The van der Waals surface area contributed by atoms with Gasteiger partial charge < -0.3 is 0 Å². The Hall–Kier alpha value is -1.37. The molecule has 1 N–H and O–H groups in total. The van der Waals surface area contributed by atoms with Gasteiger partial charge in [0.05, 0.1) is 0 Å². The van der Waals surface area contributed by atoms with Crippen LogP contribution in [0.5, 0.6) is 0 Å². The summed E-state index contributed by atoms with van der Waals surface area (Å²) in [6.45, 7) is 2.23. The van der Waals surface area contributed by atoms with Crippen molar-refractivity contribution in [1.29, 1.82) is 0 Å². The molecule has 98 valence electrons. The predicted octanol–water partition coefficient (Wildman–Crippen LogP) is 3.16. The van der Waals surface area contributed by atoms with E-state index in [1.54, 1.807) is 0 Å². The van der Waals surface area contributed by atoms with Gasteiger partial charge in [-0.15, -0.1) is 0 Å². The first-order chi connectivity index (χ1) is 9.69. The van der Waals surface area contributed by atoms with Crippen molar-refractivity contribution < 1.29 is 0 Å². The predicted molar refractivity (Wildman–Crippen MR) is 84.4 cm³/mol. The van der Waals surface area contributed by atoms with Gasteiger partial charge in [0.25, 0.3) is 0 Å². The fourth-order valence-corrected chi connectivity index (χ4v) is 3.42. The topological polar surface area (TPSA) is 29.9 Å². The Morgan fingerprint density at radius 3 is 2.80 bits per heavy atom. The van der Waals surface area contributed by atoms with Gasteiger partial charge in [-0.3, -0.25) is 0 Å². The maximum absolute atomic E-state index is 4.53. The molecule has 0 aliphatic heterocycles. The minimum absolute atomic E-state index is 0.311. The number of fused-ring (bicyclic) bond motifs is 1. The van der Waals surface area contributed by atoms with E-state index in [0.717, 1.165) is 37.4 Å². The molecule has 20 heavy (non-hydrogen) atoms. The summed E-state index contributed by atoms with van der Waals surface area (Å²) in [6.07, 6.45) is 4.09. The number of aromatic nitrogens is 2. The Bertz CT molecular complexity index is 748. The van der Waals surface area contributed by atoms with Crippen molar-refractivity contribution >= 4 is 42.5 Å². The summed E-state index contributed by atoms with van der Waals surface area (Å²) in [5, 5.41) is 5.80. The molecule has 0 aliphatic rings. The molecule has 0 aliphatic carbocycles. The van der Waals surface area contributed by atoms with Gasteiger partial charge >= 0.3 is 135 Å². The summed E-state index contributed by atoms with van der Waals surface area (Å²) >= 11 is 0.775. The molecule has 1 atom stereocenters. The standard InChI is InChI=1S/C16H16N3.Tl/c1-11(16-9-18-10-19-16)14-5-3-4-12-6-7-13(17-2)8-15(12)14;/h3-11,17H,1-2H3;/q-1;+1.